The number of hydrogen-bond acceptors (Lipinski definition) is 4. The van der Waals surface area contributed by atoms with E-state index >= 15 is 0 Å². The Morgan fingerprint density at radius 1 is 1.39 bits per heavy atom. The van der Waals surface area contributed by atoms with Crippen LogP contribution in [0.4, 0.5) is 0 Å². The highest BCUT2D eigenvalue weighted by molar-refractivity contribution is 9.10. The van der Waals surface area contributed by atoms with Crippen LogP contribution in [0.1, 0.15) is 30.9 Å². The highest BCUT2D eigenvalue weighted by Gasteiger charge is 2.20. The molecule has 0 aromatic heterocycles. The number of ether oxygens (including phenoxy) is 2. The summed E-state index contributed by atoms with van der Waals surface area (Å²) in [6.45, 7) is 4.38. The molecule has 98 valence electrons. The van der Waals surface area contributed by atoms with E-state index in [0.717, 1.165) is 15.6 Å². The van der Waals surface area contributed by atoms with Gasteiger partial charge in [-0.15, -0.1) is 0 Å². The van der Waals surface area contributed by atoms with Crippen molar-refractivity contribution in [1.82, 2.24) is 0 Å². The summed E-state index contributed by atoms with van der Waals surface area (Å²) in [7, 11) is 3.20. The van der Waals surface area contributed by atoms with Crippen LogP contribution in [0.15, 0.2) is 15.5 Å². The molecular weight excluding hydrogens is 298 g/mol. The average Bonchev–Trinajstić information content (AvgIpc) is 2.35. The molecule has 1 rings (SSSR count). The molecule has 0 amide bonds. The first kappa shape index (κ1) is 14.7. The molecule has 18 heavy (non-hydrogen) atoms. The smallest absolute Gasteiger partial charge is 0.235 e. The van der Waals surface area contributed by atoms with Crippen LogP contribution in [-0.4, -0.2) is 20.3 Å². The first-order valence-electron chi connectivity index (χ1n) is 5.53. The predicted octanol–water partition coefficient (Wildman–Crippen LogP) is 3.43. The van der Waals surface area contributed by atoms with Crippen molar-refractivity contribution in [2.45, 2.75) is 26.3 Å². The van der Waals surface area contributed by atoms with Crippen molar-refractivity contribution in [3.05, 3.63) is 21.7 Å². The fraction of sp³-hybridized carbons (Fsp3) is 0.462. The minimum absolute atomic E-state index is 0.225. The van der Waals surface area contributed by atoms with Gasteiger partial charge in [-0.1, -0.05) is 29.8 Å². The predicted molar refractivity (Wildman–Crippen MR) is 73.2 cm³/mol. The van der Waals surface area contributed by atoms with E-state index in [-0.39, 0.29) is 12.5 Å². The molecule has 0 N–H and O–H groups in total. The van der Waals surface area contributed by atoms with Crippen molar-refractivity contribution >= 4 is 22.0 Å². The van der Waals surface area contributed by atoms with Gasteiger partial charge in [0.15, 0.2) is 11.5 Å². The number of carbonyl (C=O) groups excluding carboxylic acids is 1. The number of aliphatic imine (C=N–C) groups is 1. The van der Waals surface area contributed by atoms with Gasteiger partial charge < -0.3 is 9.47 Å². The van der Waals surface area contributed by atoms with Crippen LogP contribution in [0.25, 0.3) is 0 Å². The maximum Gasteiger partial charge on any atom is 0.235 e. The molecule has 5 heteroatoms. The molecule has 0 bridgehead atoms. The molecule has 0 radical (unpaired) electrons. The van der Waals surface area contributed by atoms with E-state index < -0.39 is 0 Å². The van der Waals surface area contributed by atoms with Crippen molar-refractivity contribution in [3.8, 4) is 11.5 Å². The zero-order valence-corrected chi connectivity index (χ0v) is 12.5. The average molecular weight is 314 g/mol. The maximum absolute atomic E-state index is 10.3. The van der Waals surface area contributed by atoms with E-state index in [1.807, 2.05) is 6.07 Å². The molecule has 0 atom stereocenters. The second-order valence-electron chi connectivity index (χ2n) is 4.05. The van der Waals surface area contributed by atoms with Crippen molar-refractivity contribution in [2.75, 3.05) is 14.2 Å². The van der Waals surface area contributed by atoms with Gasteiger partial charge in [-0.05, 0) is 17.5 Å². The number of hydrogen-bond donors (Lipinski definition) is 0. The number of halogens is 1. The molecule has 1 aromatic carbocycles. The highest BCUT2D eigenvalue weighted by Crippen LogP contribution is 2.42. The summed E-state index contributed by atoms with van der Waals surface area (Å²) < 4.78 is 11.6. The van der Waals surface area contributed by atoms with Crippen molar-refractivity contribution in [3.63, 3.8) is 0 Å². The molecule has 0 saturated carbocycles. The monoisotopic (exact) mass is 313 g/mol. The molecule has 0 aliphatic heterocycles. The van der Waals surface area contributed by atoms with Crippen LogP contribution in [0.3, 0.4) is 0 Å². The maximum atomic E-state index is 10.3. The van der Waals surface area contributed by atoms with Crippen LogP contribution < -0.4 is 9.47 Å². The van der Waals surface area contributed by atoms with Gasteiger partial charge in [-0.2, -0.15) is 0 Å². The van der Waals surface area contributed by atoms with Gasteiger partial charge >= 0.3 is 0 Å². The van der Waals surface area contributed by atoms with Gasteiger partial charge in [0.2, 0.25) is 6.08 Å². The summed E-state index contributed by atoms with van der Waals surface area (Å²) in [4.78, 5) is 13.9. The van der Waals surface area contributed by atoms with E-state index in [4.69, 9.17) is 9.47 Å². The van der Waals surface area contributed by atoms with E-state index in [1.54, 1.807) is 20.3 Å². The number of benzene rings is 1. The number of methoxy groups -OCH3 is 2. The topological polar surface area (TPSA) is 47.9 Å². The lowest BCUT2D eigenvalue weighted by Gasteiger charge is -2.20. The number of nitrogens with zero attached hydrogens (tertiary/aromatic N) is 1. The Morgan fingerprint density at radius 2 is 2.06 bits per heavy atom. The zero-order chi connectivity index (χ0) is 13.7. The molecular formula is C13H16BrNO3. The van der Waals surface area contributed by atoms with Crippen molar-refractivity contribution in [2.24, 2.45) is 4.99 Å². The number of isocyanates is 1. The Kier molecular flexibility index (Phi) is 5.38. The van der Waals surface area contributed by atoms with Gasteiger partial charge in [0.25, 0.3) is 0 Å². The first-order valence-corrected chi connectivity index (χ1v) is 6.32. The van der Waals surface area contributed by atoms with Gasteiger partial charge in [0.1, 0.15) is 0 Å². The van der Waals surface area contributed by atoms with E-state index in [9.17, 15) is 4.79 Å². The van der Waals surface area contributed by atoms with E-state index in [0.29, 0.717) is 11.5 Å². The fourth-order valence-electron chi connectivity index (χ4n) is 1.91. The summed E-state index contributed by atoms with van der Waals surface area (Å²) in [5.74, 6) is 1.57. The third kappa shape index (κ3) is 2.92. The van der Waals surface area contributed by atoms with E-state index in [1.165, 1.54) is 0 Å². The minimum atomic E-state index is 0.225. The molecule has 0 unspecified atom stereocenters. The van der Waals surface area contributed by atoms with Gasteiger partial charge in [0.05, 0.1) is 20.8 Å². The lowest BCUT2D eigenvalue weighted by Crippen LogP contribution is -2.03. The molecule has 0 aliphatic carbocycles. The van der Waals surface area contributed by atoms with Gasteiger partial charge in [-0.25, -0.2) is 9.79 Å². The largest absolute Gasteiger partial charge is 0.493 e. The Bertz CT molecular complexity index is 480. The lowest BCUT2D eigenvalue weighted by atomic mass is 9.95. The molecule has 0 aliphatic rings. The quantitative estimate of drug-likeness (QED) is 0.618. The third-order valence-corrected chi connectivity index (χ3v) is 3.35. The highest BCUT2D eigenvalue weighted by atomic mass is 79.9. The molecule has 4 nitrogen and oxygen atoms in total. The first-order chi connectivity index (χ1) is 8.56. The molecule has 0 spiro atoms. The Hall–Kier alpha value is -1.32. The summed E-state index contributed by atoms with van der Waals surface area (Å²) >= 11 is 3.48. The van der Waals surface area contributed by atoms with Crippen LogP contribution in [-0.2, 0) is 11.3 Å². The minimum Gasteiger partial charge on any atom is -0.493 e. The van der Waals surface area contributed by atoms with Crippen molar-refractivity contribution < 1.29 is 14.3 Å². The van der Waals surface area contributed by atoms with Crippen LogP contribution in [0.5, 0.6) is 11.5 Å². The van der Waals surface area contributed by atoms with Crippen LogP contribution in [0, 0.1) is 0 Å². The van der Waals surface area contributed by atoms with Crippen molar-refractivity contribution in [1.29, 1.82) is 0 Å². The summed E-state index contributed by atoms with van der Waals surface area (Å²) in [5, 5.41) is 0. The third-order valence-electron chi connectivity index (χ3n) is 2.64. The zero-order valence-electron chi connectivity index (χ0n) is 10.9. The van der Waals surface area contributed by atoms with Gasteiger partial charge in [0, 0.05) is 10.0 Å². The lowest BCUT2D eigenvalue weighted by molar-refractivity contribution is 0.349. The Morgan fingerprint density at radius 3 is 2.50 bits per heavy atom. The normalized spacial score (nSPS) is 10.1. The molecule has 0 saturated heterocycles. The summed E-state index contributed by atoms with van der Waals surface area (Å²) in [6, 6.07) is 1.82. The SMILES string of the molecule is COc1cc(Br)c(CN=C=O)c(C(C)C)c1OC. The van der Waals surface area contributed by atoms with Gasteiger partial charge in [-0.3, -0.25) is 0 Å². The number of rotatable bonds is 5. The second kappa shape index (κ2) is 6.57. The second-order valence-corrected chi connectivity index (χ2v) is 4.90. The molecule has 0 fully saturated rings. The Labute approximate surface area is 115 Å². The molecule has 1 aromatic rings. The van der Waals surface area contributed by atoms with Crippen LogP contribution >= 0.6 is 15.9 Å². The summed E-state index contributed by atoms with van der Waals surface area (Å²) in [6.07, 6.45) is 1.56. The van der Waals surface area contributed by atoms with Crippen LogP contribution in [0.2, 0.25) is 0 Å². The fourth-order valence-corrected chi connectivity index (χ4v) is 2.46. The summed E-state index contributed by atoms with van der Waals surface area (Å²) in [5.41, 5.74) is 1.91. The molecule has 0 heterocycles. The Balaban J connectivity index is 3.53. The standard InChI is InChI=1S/C13H16BrNO3/c1-8(2)12-9(6-15-7-16)10(14)5-11(17-3)13(12)18-4/h5,8H,6H2,1-4H3. The van der Waals surface area contributed by atoms with E-state index in [2.05, 4.69) is 34.8 Å².